The van der Waals surface area contributed by atoms with E-state index >= 15 is 0 Å². The quantitative estimate of drug-likeness (QED) is 0.663. The molecular formula is C24H24FN5O2. The van der Waals surface area contributed by atoms with Crippen LogP contribution in [0, 0.1) is 5.82 Å². The Morgan fingerprint density at radius 3 is 2.66 bits per heavy atom. The number of hydrogen-bond acceptors (Lipinski definition) is 4. The molecule has 0 spiro atoms. The second kappa shape index (κ2) is 8.18. The summed E-state index contributed by atoms with van der Waals surface area (Å²) in [5.74, 6) is -0.790. The molecule has 1 aliphatic heterocycles. The van der Waals surface area contributed by atoms with Crippen molar-refractivity contribution in [2.45, 2.75) is 44.7 Å². The van der Waals surface area contributed by atoms with Gasteiger partial charge in [-0.05, 0) is 75.1 Å². The van der Waals surface area contributed by atoms with Crippen molar-refractivity contribution < 1.29 is 14.0 Å². The van der Waals surface area contributed by atoms with E-state index in [2.05, 4.69) is 10.4 Å². The van der Waals surface area contributed by atoms with E-state index in [9.17, 15) is 14.0 Å². The summed E-state index contributed by atoms with van der Waals surface area (Å²) < 4.78 is 15.0. The third kappa shape index (κ3) is 4.00. The van der Waals surface area contributed by atoms with Crippen LogP contribution < -0.4 is 10.2 Å². The Bertz CT molecular complexity index is 1170. The molecule has 164 valence electrons. The summed E-state index contributed by atoms with van der Waals surface area (Å²) in [7, 11) is 0. The van der Waals surface area contributed by atoms with Crippen molar-refractivity contribution in [3.05, 3.63) is 77.1 Å². The number of rotatable bonds is 5. The summed E-state index contributed by atoms with van der Waals surface area (Å²) in [6.45, 7) is 2.48. The van der Waals surface area contributed by atoms with E-state index in [1.54, 1.807) is 11.0 Å². The molecular weight excluding hydrogens is 409 g/mol. The van der Waals surface area contributed by atoms with Crippen molar-refractivity contribution in [3.8, 4) is 0 Å². The maximum Gasteiger partial charge on any atom is 0.278 e. The number of anilines is 1. The van der Waals surface area contributed by atoms with Crippen LogP contribution >= 0.6 is 0 Å². The molecule has 1 atom stereocenters. The number of fused-ring (bicyclic) bond motifs is 1. The summed E-state index contributed by atoms with van der Waals surface area (Å²) in [5, 5.41) is 7.37. The molecule has 0 radical (unpaired) electrons. The third-order valence-electron chi connectivity index (χ3n) is 5.95. The number of benzene rings is 1. The van der Waals surface area contributed by atoms with Gasteiger partial charge in [0.15, 0.2) is 5.69 Å². The van der Waals surface area contributed by atoms with Gasteiger partial charge in [-0.15, -0.1) is 0 Å². The molecule has 1 fully saturated rings. The minimum Gasteiger partial charge on any atom is -0.344 e. The average Bonchev–Trinajstić information content (AvgIpc) is 3.54. The topological polar surface area (TPSA) is 80.1 Å². The number of aryl methyl sites for hydroxylation is 1. The van der Waals surface area contributed by atoms with Gasteiger partial charge in [0.25, 0.3) is 11.8 Å². The molecule has 2 aromatic heterocycles. The first-order chi connectivity index (χ1) is 15.5. The Labute approximate surface area is 185 Å². The monoisotopic (exact) mass is 433 g/mol. The Morgan fingerprint density at radius 1 is 1.12 bits per heavy atom. The number of halogens is 1. The van der Waals surface area contributed by atoms with E-state index in [1.807, 2.05) is 29.9 Å². The number of nitrogens with zero attached hydrogens (tertiary/aromatic N) is 4. The molecule has 0 unspecified atom stereocenters. The van der Waals surface area contributed by atoms with Gasteiger partial charge in [0.2, 0.25) is 0 Å². The minimum atomic E-state index is -0.385. The van der Waals surface area contributed by atoms with Gasteiger partial charge in [-0.3, -0.25) is 19.3 Å². The molecule has 32 heavy (non-hydrogen) atoms. The van der Waals surface area contributed by atoms with Gasteiger partial charge in [-0.2, -0.15) is 5.10 Å². The fraction of sp³-hybridized carbons (Fsp3) is 0.333. The van der Waals surface area contributed by atoms with E-state index in [0.717, 1.165) is 37.1 Å². The highest BCUT2D eigenvalue weighted by atomic mass is 19.1. The molecule has 3 heterocycles. The zero-order valence-electron chi connectivity index (χ0n) is 17.8. The van der Waals surface area contributed by atoms with Crippen LogP contribution in [-0.2, 0) is 6.42 Å². The molecule has 1 aromatic carbocycles. The molecule has 1 aliphatic carbocycles. The SMILES string of the molecule is C[C@@H](NC(=O)c1ccc(F)cc1)c1ccc2c(n1)CCCN2C(=O)c1ccn(C2CC2)n1. The van der Waals surface area contributed by atoms with Gasteiger partial charge in [-0.1, -0.05) is 0 Å². The summed E-state index contributed by atoms with van der Waals surface area (Å²) >= 11 is 0. The van der Waals surface area contributed by atoms with E-state index in [4.69, 9.17) is 4.98 Å². The van der Waals surface area contributed by atoms with Gasteiger partial charge < -0.3 is 10.2 Å². The molecule has 0 bridgehead atoms. The van der Waals surface area contributed by atoms with Crippen LogP contribution in [0.25, 0.3) is 0 Å². The third-order valence-corrected chi connectivity index (χ3v) is 5.95. The zero-order chi connectivity index (χ0) is 22.2. The molecule has 2 amide bonds. The van der Waals surface area contributed by atoms with Gasteiger partial charge in [0.1, 0.15) is 5.82 Å². The largest absolute Gasteiger partial charge is 0.344 e. The first-order valence-corrected chi connectivity index (χ1v) is 10.9. The van der Waals surface area contributed by atoms with Crippen molar-refractivity contribution >= 4 is 17.5 Å². The van der Waals surface area contributed by atoms with Crippen molar-refractivity contribution in [1.82, 2.24) is 20.1 Å². The maximum atomic E-state index is 13.1. The number of carbonyl (C=O) groups is 2. The smallest absolute Gasteiger partial charge is 0.278 e. The van der Waals surface area contributed by atoms with Crippen molar-refractivity contribution in [2.75, 3.05) is 11.4 Å². The lowest BCUT2D eigenvalue weighted by atomic mass is 10.0. The Morgan fingerprint density at radius 2 is 1.91 bits per heavy atom. The highest BCUT2D eigenvalue weighted by Crippen LogP contribution is 2.34. The molecule has 1 N–H and O–H groups in total. The lowest BCUT2D eigenvalue weighted by Crippen LogP contribution is -2.36. The summed E-state index contributed by atoms with van der Waals surface area (Å²) in [6.07, 6.45) is 5.69. The van der Waals surface area contributed by atoms with Crippen molar-refractivity contribution in [3.63, 3.8) is 0 Å². The lowest BCUT2D eigenvalue weighted by Gasteiger charge is -2.29. The molecule has 5 rings (SSSR count). The normalized spacial score (nSPS) is 16.4. The second-order valence-electron chi connectivity index (χ2n) is 8.38. The highest BCUT2D eigenvalue weighted by Gasteiger charge is 2.29. The number of aromatic nitrogens is 3. The van der Waals surface area contributed by atoms with Crippen molar-refractivity contribution in [2.24, 2.45) is 0 Å². The summed E-state index contributed by atoms with van der Waals surface area (Å²) in [6, 6.07) is 11.0. The number of pyridine rings is 1. The lowest BCUT2D eigenvalue weighted by molar-refractivity contribution is 0.0938. The Balaban J connectivity index is 1.32. The van der Waals surface area contributed by atoms with Gasteiger partial charge in [0, 0.05) is 18.3 Å². The van der Waals surface area contributed by atoms with Crippen molar-refractivity contribution in [1.29, 1.82) is 0 Å². The van der Waals surface area contributed by atoms with Crippen LogP contribution in [0.2, 0.25) is 0 Å². The fourth-order valence-electron chi connectivity index (χ4n) is 4.01. The molecule has 0 saturated heterocycles. The molecule has 8 heteroatoms. The molecule has 1 saturated carbocycles. The van der Waals surface area contributed by atoms with Gasteiger partial charge >= 0.3 is 0 Å². The predicted molar refractivity (Wildman–Crippen MR) is 117 cm³/mol. The van der Waals surface area contributed by atoms with Crippen LogP contribution in [0.5, 0.6) is 0 Å². The summed E-state index contributed by atoms with van der Waals surface area (Å²) in [4.78, 5) is 32.1. The van der Waals surface area contributed by atoms with Gasteiger partial charge in [0.05, 0.1) is 29.2 Å². The van der Waals surface area contributed by atoms with Crippen LogP contribution in [0.3, 0.4) is 0 Å². The van der Waals surface area contributed by atoms with E-state index in [0.29, 0.717) is 29.5 Å². The van der Waals surface area contributed by atoms with Gasteiger partial charge in [-0.25, -0.2) is 4.39 Å². The molecule has 3 aromatic rings. The number of carbonyl (C=O) groups excluding carboxylic acids is 2. The summed E-state index contributed by atoms with van der Waals surface area (Å²) in [5.41, 5.74) is 3.19. The number of hydrogen-bond donors (Lipinski definition) is 1. The Kier molecular flexibility index (Phi) is 5.20. The van der Waals surface area contributed by atoms with Crippen LogP contribution in [0.15, 0.2) is 48.7 Å². The maximum absolute atomic E-state index is 13.1. The van der Waals surface area contributed by atoms with Crippen LogP contribution in [0.1, 0.15) is 70.5 Å². The highest BCUT2D eigenvalue weighted by molar-refractivity contribution is 6.05. The van der Waals surface area contributed by atoms with E-state index < -0.39 is 0 Å². The number of amides is 2. The average molecular weight is 433 g/mol. The predicted octanol–water partition coefficient (Wildman–Crippen LogP) is 3.84. The van der Waals surface area contributed by atoms with E-state index in [1.165, 1.54) is 24.3 Å². The Hall–Kier alpha value is -3.55. The first kappa shape index (κ1) is 20.4. The molecule has 2 aliphatic rings. The zero-order valence-corrected chi connectivity index (χ0v) is 17.8. The van der Waals surface area contributed by atoms with Crippen LogP contribution in [0.4, 0.5) is 10.1 Å². The second-order valence-corrected chi connectivity index (χ2v) is 8.38. The standard InChI is InChI=1S/C24H24FN5O2/c1-15(26-23(31)16-4-6-17(25)7-5-16)19-10-11-22-20(27-19)3-2-13-29(22)24(32)21-12-14-30(28-21)18-8-9-18/h4-7,10-12,14-15,18H,2-3,8-9,13H2,1H3,(H,26,31)/t15-/m1/s1. The fourth-order valence-corrected chi connectivity index (χ4v) is 4.01. The first-order valence-electron chi connectivity index (χ1n) is 10.9. The number of nitrogens with one attached hydrogen (secondary N) is 1. The van der Waals surface area contributed by atoms with Crippen LogP contribution in [-0.4, -0.2) is 33.1 Å². The van der Waals surface area contributed by atoms with E-state index in [-0.39, 0.29) is 23.7 Å². The minimum absolute atomic E-state index is 0.113. The molecule has 7 nitrogen and oxygen atoms in total.